The van der Waals surface area contributed by atoms with Crippen molar-refractivity contribution < 1.29 is 4.21 Å². The first-order chi connectivity index (χ1) is 6.91. The minimum atomic E-state index is -0.999. The lowest BCUT2D eigenvalue weighted by molar-refractivity contribution is 0.634. The van der Waals surface area contributed by atoms with Crippen LogP contribution in [0.2, 0.25) is 0 Å². The Labute approximate surface area is 108 Å². The average Bonchev–Trinajstić information content (AvgIpc) is 2.14. The van der Waals surface area contributed by atoms with E-state index in [-0.39, 0.29) is 4.75 Å². The molecule has 1 aromatic carbocycles. The molecule has 1 N–H and O–H groups in total. The highest BCUT2D eigenvalue weighted by atomic mass is 127. The molecule has 1 aromatic rings. The largest absolute Gasteiger partial charge is 0.242 e. The van der Waals surface area contributed by atoms with Crippen molar-refractivity contribution in [1.82, 2.24) is 4.72 Å². The quantitative estimate of drug-likeness (QED) is 0.845. The maximum Gasteiger partial charge on any atom is 0.0973 e. The van der Waals surface area contributed by atoms with E-state index in [2.05, 4.69) is 39.4 Å². The summed E-state index contributed by atoms with van der Waals surface area (Å²) in [6.45, 7) is 6.55. The summed E-state index contributed by atoms with van der Waals surface area (Å²) in [6, 6.07) is 8.11. The van der Waals surface area contributed by atoms with Crippen molar-refractivity contribution in [2.45, 2.75) is 32.1 Å². The van der Waals surface area contributed by atoms with Gasteiger partial charge in [0.25, 0.3) is 0 Å². The number of benzene rings is 1. The second-order valence-corrected chi connectivity index (χ2v) is 7.51. The fourth-order valence-electron chi connectivity index (χ4n) is 1.00. The Bertz CT molecular complexity index is 360. The highest BCUT2D eigenvalue weighted by molar-refractivity contribution is 14.1. The lowest BCUT2D eigenvalue weighted by atomic mass is 10.2. The fourth-order valence-corrected chi connectivity index (χ4v) is 2.30. The van der Waals surface area contributed by atoms with Gasteiger partial charge in [0.2, 0.25) is 0 Å². The van der Waals surface area contributed by atoms with Crippen LogP contribution in [0.5, 0.6) is 0 Å². The Morgan fingerprint density at radius 3 is 2.47 bits per heavy atom. The zero-order valence-electron chi connectivity index (χ0n) is 9.21. The van der Waals surface area contributed by atoms with Crippen molar-refractivity contribution in [3.63, 3.8) is 0 Å². The molecule has 0 aliphatic carbocycles. The van der Waals surface area contributed by atoms with Gasteiger partial charge in [0.1, 0.15) is 0 Å². The molecule has 0 saturated carbocycles. The Morgan fingerprint density at radius 2 is 1.93 bits per heavy atom. The molecule has 2 nitrogen and oxygen atoms in total. The van der Waals surface area contributed by atoms with Gasteiger partial charge in [-0.3, -0.25) is 0 Å². The molecule has 1 atom stereocenters. The lowest BCUT2D eigenvalue weighted by Gasteiger charge is -2.18. The molecule has 1 rings (SSSR count). The fraction of sp³-hybridized carbons (Fsp3) is 0.455. The number of hydrogen-bond acceptors (Lipinski definition) is 1. The molecule has 0 amide bonds. The van der Waals surface area contributed by atoms with Crippen LogP contribution in [0.25, 0.3) is 0 Å². The smallest absolute Gasteiger partial charge is 0.0973 e. The Morgan fingerprint density at radius 1 is 1.33 bits per heavy atom. The van der Waals surface area contributed by atoms with Crippen LogP contribution >= 0.6 is 22.6 Å². The highest BCUT2D eigenvalue weighted by Gasteiger charge is 2.18. The van der Waals surface area contributed by atoms with Gasteiger partial charge in [-0.25, -0.2) is 8.93 Å². The standard InChI is InChI=1S/C11H16INOS/c1-11(2,3)15(14)13-8-9-6-4-5-7-10(9)12/h4-7,13H,8H2,1-3H3/t15-/m1/s1. The molecule has 0 bridgehead atoms. The van der Waals surface area contributed by atoms with E-state index in [9.17, 15) is 4.21 Å². The van der Waals surface area contributed by atoms with E-state index in [0.717, 1.165) is 0 Å². The average molecular weight is 337 g/mol. The Kier molecular flexibility index (Phi) is 4.73. The zero-order valence-corrected chi connectivity index (χ0v) is 12.2. The topological polar surface area (TPSA) is 29.1 Å². The van der Waals surface area contributed by atoms with Crippen molar-refractivity contribution >= 4 is 33.6 Å². The molecule has 0 aliphatic heterocycles. The lowest BCUT2D eigenvalue weighted by Crippen LogP contribution is -2.33. The zero-order chi connectivity index (χ0) is 11.5. The monoisotopic (exact) mass is 337 g/mol. The first-order valence-corrected chi connectivity index (χ1v) is 7.03. The minimum Gasteiger partial charge on any atom is -0.242 e. The van der Waals surface area contributed by atoms with Crippen LogP contribution in [0.4, 0.5) is 0 Å². The maximum absolute atomic E-state index is 11.7. The summed E-state index contributed by atoms with van der Waals surface area (Å²) in [5.41, 5.74) is 1.19. The molecular weight excluding hydrogens is 321 g/mol. The summed E-state index contributed by atoms with van der Waals surface area (Å²) >= 11 is 2.29. The second-order valence-electron chi connectivity index (χ2n) is 4.29. The van der Waals surface area contributed by atoms with Gasteiger partial charge in [-0.1, -0.05) is 18.2 Å². The van der Waals surface area contributed by atoms with Crippen LogP contribution in [0.15, 0.2) is 24.3 Å². The summed E-state index contributed by atoms with van der Waals surface area (Å²) in [5, 5.41) is 0. The third-order valence-electron chi connectivity index (χ3n) is 1.91. The van der Waals surface area contributed by atoms with Gasteiger partial charge in [0.05, 0.1) is 15.7 Å². The maximum atomic E-state index is 11.7. The molecule has 0 spiro atoms. The van der Waals surface area contributed by atoms with Crippen LogP contribution in [-0.2, 0) is 17.5 Å². The Balaban J connectivity index is 2.59. The first kappa shape index (κ1) is 13.1. The normalized spacial score (nSPS) is 13.9. The molecule has 0 fully saturated rings. The van der Waals surface area contributed by atoms with Crippen molar-refractivity contribution in [2.24, 2.45) is 0 Å². The summed E-state index contributed by atoms with van der Waals surface area (Å²) in [5.74, 6) is 0. The van der Waals surface area contributed by atoms with E-state index < -0.39 is 11.0 Å². The molecular formula is C11H16INOS. The van der Waals surface area contributed by atoms with Gasteiger partial charge in [-0.2, -0.15) is 0 Å². The predicted octanol–water partition coefficient (Wildman–Crippen LogP) is 2.84. The van der Waals surface area contributed by atoms with Gasteiger partial charge >= 0.3 is 0 Å². The molecule has 0 aromatic heterocycles. The third-order valence-corrected chi connectivity index (χ3v) is 4.48. The van der Waals surface area contributed by atoms with E-state index in [1.807, 2.05) is 32.9 Å². The van der Waals surface area contributed by atoms with Crippen molar-refractivity contribution in [3.8, 4) is 0 Å². The molecule has 0 aliphatic rings. The molecule has 15 heavy (non-hydrogen) atoms. The van der Waals surface area contributed by atoms with E-state index >= 15 is 0 Å². The molecule has 0 heterocycles. The molecule has 0 saturated heterocycles. The van der Waals surface area contributed by atoms with Crippen LogP contribution in [0, 0.1) is 3.57 Å². The van der Waals surface area contributed by atoms with Crippen LogP contribution in [0.1, 0.15) is 26.3 Å². The first-order valence-electron chi connectivity index (χ1n) is 4.80. The van der Waals surface area contributed by atoms with Crippen LogP contribution in [-0.4, -0.2) is 8.96 Å². The number of rotatable bonds is 3. The van der Waals surface area contributed by atoms with E-state index in [1.165, 1.54) is 9.13 Å². The predicted molar refractivity (Wildman–Crippen MR) is 73.9 cm³/mol. The van der Waals surface area contributed by atoms with Gasteiger partial charge in [-0.05, 0) is 55.0 Å². The van der Waals surface area contributed by atoms with Crippen LogP contribution < -0.4 is 4.72 Å². The van der Waals surface area contributed by atoms with Crippen molar-refractivity contribution in [2.75, 3.05) is 0 Å². The summed E-state index contributed by atoms with van der Waals surface area (Å²) in [6.07, 6.45) is 0. The number of hydrogen-bond donors (Lipinski definition) is 1. The minimum absolute atomic E-state index is 0.208. The number of halogens is 1. The van der Waals surface area contributed by atoms with Crippen molar-refractivity contribution in [1.29, 1.82) is 0 Å². The van der Waals surface area contributed by atoms with Crippen molar-refractivity contribution in [3.05, 3.63) is 33.4 Å². The van der Waals surface area contributed by atoms with E-state index in [1.54, 1.807) is 0 Å². The Hall–Kier alpha value is 0.0600. The van der Waals surface area contributed by atoms with Gasteiger partial charge in [0, 0.05) is 10.1 Å². The SMILES string of the molecule is CC(C)(C)[S@@](=O)NCc1ccccc1I. The van der Waals surface area contributed by atoms with Crippen LogP contribution in [0.3, 0.4) is 0 Å². The summed E-state index contributed by atoms with van der Waals surface area (Å²) in [4.78, 5) is 0. The molecule has 0 radical (unpaired) electrons. The van der Waals surface area contributed by atoms with Gasteiger partial charge in [-0.15, -0.1) is 0 Å². The molecule has 84 valence electrons. The van der Waals surface area contributed by atoms with E-state index in [0.29, 0.717) is 6.54 Å². The summed E-state index contributed by atoms with van der Waals surface area (Å²) < 4.78 is 15.8. The number of nitrogens with one attached hydrogen (secondary N) is 1. The second kappa shape index (κ2) is 5.41. The summed E-state index contributed by atoms with van der Waals surface area (Å²) in [7, 11) is -0.999. The van der Waals surface area contributed by atoms with Gasteiger partial charge in [0.15, 0.2) is 0 Å². The van der Waals surface area contributed by atoms with Gasteiger partial charge < -0.3 is 0 Å². The third kappa shape index (κ3) is 4.20. The molecule has 0 unspecified atom stereocenters. The molecule has 4 heteroatoms. The highest BCUT2D eigenvalue weighted by Crippen LogP contribution is 2.13. The van der Waals surface area contributed by atoms with E-state index in [4.69, 9.17) is 0 Å².